The van der Waals surface area contributed by atoms with Crippen molar-refractivity contribution in [2.45, 2.75) is 31.2 Å². The fraction of sp³-hybridized carbons (Fsp3) is 0.273. The predicted octanol–water partition coefficient (Wildman–Crippen LogP) is 5.02. The van der Waals surface area contributed by atoms with Crippen LogP contribution in [0.3, 0.4) is 0 Å². The summed E-state index contributed by atoms with van der Waals surface area (Å²) in [6.07, 6.45) is -4.56. The Morgan fingerprint density at radius 3 is 2.59 bits per heavy atom. The quantitative estimate of drug-likeness (QED) is 0.435. The Hall–Kier alpha value is -3.05. The van der Waals surface area contributed by atoms with Gasteiger partial charge in [0.2, 0.25) is 5.91 Å². The largest absolute Gasteiger partial charge is 0.416 e. The maximum atomic E-state index is 12.9. The highest BCUT2D eigenvalue weighted by Gasteiger charge is 2.31. The van der Waals surface area contributed by atoms with Crippen molar-refractivity contribution in [3.05, 3.63) is 70.0 Å². The summed E-state index contributed by atoms with van der Waals surface area (Å²) in [6, 6.07) is 9.41. The number of thioether (sulfide) groups is 1. The number of carbonyl (C=O) groups excluding carboxylic acids is 2. The van der Waals surface area contributed by atoms with Gasteiger partial charge in [0.25, 0.3) is 5.91 Å². The molecule has 2 N–H and O–H groups in total. The average molecular weight is 512 g/mol. The van der Waals surface area contributed by atoms with Crippen molar-refractivity contribution in [2.24, 2.45) is 7.05 Å². The van der Waals surface area contributed by atoms with Crippen molar-refractivity contribution in [2.75, 3.05) is 11.1 Å². The van der Waals surface area contributed by atoms with Crippen molar-refractivity contribution >= 4 is 40.9 Å². The molecule has 34 heavy (non-hydrogen) atoms. The monoisotopic (exact) mass is 511 g/mol. The van der Waals surface area contributed by atoms with Crippen LogP contribution in [0.4, 0.5) is 18.9 Å². The number of hydrogen-bond donors (Lipinski definition) is 2. The van der Waals surface area contributed by atoms with Crippen LogP contribution in [0.15, 0.2) is 47.6 Å². The summed E-state index contributed by atoms with van der Waals surface area (Å²) in [6.45, 7) is 3.65. The highest BCUT2D eigenvalue weighted by atomic mass is 35.5. The van der Waals surface area contributed by atoms with Gasteiger partial charge in [0.15, 0.2) is 11.0 Å². The number of aromatic nitrogens is 3. The van der Waals surface area contributed by atoms with Gasteiger partial charge in [-0.25, -0.2) is 0 Å². The van der Waals surface area contributed by atoms with Crippen LogP contribution >= 0.6 is 23.4 Å². The van der Waals surface area contributed by atoms with E-state index < -0.39 is 23.7 Å². The van der Waals surface area contributed by atoms with E-state index in [1.54, 1.807) is 36.7 Å². The van der Waals surface area contributed by atoms with Crippen LogP contribution in [0.1, 0.15) is 40.3 Å². The molecular weight excluding hydrogens is 491 g/mol. The Morgan fingerprint density at radius 1 is 1.18 bits per heavy atom. The van der Waals surface area contributed by atoms with Crippen LogP contribution in [0.25, 0.3) is 0 Å². The summed E-state index contributed by atoms with van der Waals surface area (Å²) in [5.41, 5.74) is 0.434. The average Bonchev–Trinajstić information content (AvgIpc) is 3.13. The molecule has 0 aliphatic heterocycles. The number of nitrogens with one attached hydrogen (secondary N) is 2. The second kappa shape index (κ2) is 10.5. The van der Waals surface area contributed by atoms with Crippen LogP contribution in [0.5, 0.6) is 0 Å². The first-order chi connectivity index (χ1) is 16.0. The molecule has 1 aromatic heterocycles. The van der Waals surface area contributed by atoms with Gasteiger partial charge in [0.1, 0.15) is 0 Å². The van der Waals surface area contributed by atoms with Crippen LogP contribution in [-0.2, 0) is 18.0 Å². The molecule has 0 unspecified atom stereocenters. The normalized spacial score (nSPS) is 12.3. The molecule has 0 saturated heterocycles. The lowest BCUT2D eigenvalue weighted by atomic mass is 10.1. The number of anilines is 1. The standard InChI is InChI=1S/C22H21ClF3N5O2S/c1-12-5-4-6-14(9-12)20(33)27-13(2)19-29-30-21(31(19)3)34-11-18(32)28-17-10-15(22(24,25)26)7-8-16(17)23/h4-10,13H,11H2,1-3H3,(H,27,33)(H,28,32)/t13-/m1/s1. The maximum Gasteiger partial charge on any atom is 0.416 e. The van der Waals surface area contributed by atoms with E-state index >= 15 is 0 Å². The Kier molecular flexibility index (Phi) is 7.88. The third-order valence-corrected chi connectivity index (χ3v) is 6.13. The molecule has 180 valence electrons. The summed E-state index contributed by atoms with van der Waals surface area (Å²) < 4.78 is 40.4. The fourth-order valence-electron chi connectivity index (χ4n) is 3.07. The van der Waals surface area contributed by atoms with Crippen LogP contribution < -0.4 is 10.6 Å². The molecule has 1 heterocycles. The summed E-state index contributed by atoms with van der Waals surface area (Å²) >= 11 is 6.96. The van der Waals surface area contributed by atoms with E-state index in [1.807, 2.05) is 13.0 Å². The Morgan fingerprint density at radius 2 is 1.91 bits per heavy atom. The summed E-state index contributed by atoms with van der Waals surface area (Å²) in [4.78, 5) is 24.8. The number of aryl methyl sites for hydroxylation is 1. The molecule has 2 aromatic carbocycles. The van der Waals surface area contributed by atoms with Gasteiger partial charge in [-0.2, -0.15) is 13.2 Å². The topological polar surface area (TPSA) is 88.9 Å². The molecule has 2 amide bonds. The van der Waals surface area contributed by atoms with Crippen molar-refractivity contribution in [3.8, 4) is 0 Å². The number of carbonyl (C=O) groups is 2. The van der Waals surface area contributed by atoms with Gasteiger partial charge in [-0.1, -0.05) is 41.1 Å². The zero-order valence-corrected chi connectivity index (χ0v) is 20.0. The second-order valence-electron chi connectivity index (χ2n) is 7.49. The number of amides is 2. The SMILES string of the molecule is Cc1cccc(C(=O)N[C@H](C)c2nnc(SCC(=O)Nc3cc(C(F)(F)F)ccc3Cl)n2C)c1. The highest BCUT2D eigenvalue weighted by Crippen LogP contribution is 2.34. The van der Waals surface area contributed by atoms with E-state index in [0.29, 0.717) is 16.5 Å². The fourth-order valence-corrected chi connectivity index (χ4v) is 3.96. The van der Waals surface area contributed by atoms with Crippen molar-refractivity contribution < 1.29 is 22.8 Å². The van der Waals surface area contributed by atoms with Gasteiger partial charge in [0.05, 0.1) is 28.1 Å². The third kappa shape index (κ3) is 6.29. The molecule has 1 atom stereocenters. The predicted molar refractivity (Wildman–Crippen MR) is 124 cm³/mol. The van der Waals surface area contributed by atoms with E-state index in [2.05, 4.69) is 20.8 Å². The van der Waals surface area contributed by atoms with Gasteiger partial charge < -0.3 is 15.2 Å². The van der Waals surface area contributed by atoms with Gasteiger partial charge in [-0.15, -0.1) is 10.2 Å². The van der Waals surface area contributed by atoms with Gasteiger partial charge in [-0.05, 0) is 44.2 Å². The molecule has 12 heteroatoms. The molecule has 0 bridgehead atoms. The Bertz CT molecular complexity index is 1220. The smallest absolute Gasteiger partial charge is 0.342 e. The van der Waals surface area contributed by atoms with Gasteiger partial charge >= 0.3 is 6.18 Å². The lowest BCUT2D eigenvalue weighted by molar-refractivity contribution is -0.137. The Labute approximate surface area is 203 Å². The van der Waals surface area contributed by atoms with Crippen molar-refractivity contribution in [3.63, 3.8) is 0 Å². The third-order valence-electron chi connectivity index (χ3n) is 4.78. The molecule has 0 fully saturated rings. The van der Waals surface area contributed by atoms with Crippen LogP contribution in [0.2, 0.25) is 5.02 Å². The molecular formula is C22H21ClF3N5O2S. The number of halogens is 4. The molecule has 7 nitrogen and oxygen atoms in total. The van der Waals surface area contributed by atoms with Crippen LogP contribution in [0, 0.1) is 6.92 Å². The van der Waals surface area contributed by atoms with E-state index in [1.165, 1.54) is 0 Å². The minimum Gasteiger partial charge on any atom is -0.342 e. The first kappa shape index (κ1) is 25.6. The zero-order valence-electron chi connectivity index (χ0n) is 18.4. The van der Waals surface area contributed by atoms with E-state index in [9.17, 15) is 22.8 Å². The van der Waals surface area contributed by atoms with Crippen molar-refractivity contribution in [1.82, 2.24) is 20.1 Å². The summed E-state index contributed by atoms with van der Waals surface area (Å²) in [5.74, 6) is -0.477. The van der Waals surface area contributed by atoms with E-state index in [-0.39, 0.29) is 22.4 Å². The van der Waals surface area contributed by atoms with E-state index in [0.717, 1.165) is 35.5 Å². The van der Waals surface area contributed by atoms with Crippen LogP contribution in [-0.4, -0.2) is 32.3 Å². The number of nitrogens with zero attached hydrogens (tertiary/aromatic N) is 3. The number of hydrogen-bond acceptors (Lipinski definition) is 5. The molecule has 3 aromatic rings. The zero-order chi connectivity index (χ0) is 25.0. The lowest BCUT2D eigenvalue weighted by Gasteiger charge is -2.14. The molecule has 0 spiro atoms. The first-order valence-corrected chi connectivity index (χ1v) is 11.4. The molecule has 0 saturated carbocycles. The number of rotatable bonds is 7. The molecule has 3 rings (SSSR count). The molecule has 0 aliphatic rings. The minimum absolute atomic E-state index is 0.00882. The number of benzene rings is 2. The lowest BCUT2D eigenvalue weighted by Crippen LogP contribution is -2.28. The molecule has 0 aliphatic carbocycles. The maximum absolute atomic E-state index is 12.9. The van der Waals surface area contributed by atoms with Gasteiger partial charge in [-0.3, -0.25) is 9.59 Å². The number of alkyl halides is 3. The second-order valence-corrected chi connectivity index (χ2v) is 8.84. The first-order valence-electron chi connectivity index (χ1n) is 10.0. The summed E-state index contributed by atoms with van der Waals surface area (Å²) in [7, 11) is 1.69. The minimum atomic E-state index is -4.56. The molecule has 0 radical (unpaired) electrons. The highest BCUT2D eigenvalue weighted by molar-refractivity contribution is 7.99. The Balaban J connectivity index is 1.61. The van der Waals surface area contributed by atoms with Crippen molar-refractivity contribution in [1.29, 1.82) is 0 Å². The summed E-state index contributed by atoms with van der Waals surface area (Å²) in [5, 5.41) is 13.8. The van der Waals surface area contributed by atoms with Gasteiger partial charge in [0, 0.05) is 12.6 Å². The van der Waals surface area contributed by atoms with E-state index in [4.69, 9.17) is 11.6 Å².